The van der Waals surface area contributed by atoms with Gasteiger partial charge in [0.2, 0.25) is 0 Å². The van der Waals surface area contributed by atoms with E-state index in [0.717, 1.165) is 12.1 Å². The summed E-state index contributed by atoms with van der Waals surface area (Å²) in [5.74, 6) is -1.41. The van der Waals surface area contributed by atoms with Gasteiger partial charge in [-0.25, -0.2) is 8.78 Å². The third-order valence-electron chi connectivity index (χ3n) is 1.68. The van der Waals surface area contributed by atoms with Crippen LogP contribution in [0.15, 0.2) is 18.2 Å². The molecule has 1 rings (SSSR count). The highest BCUT2D eigenvalue weighted by Crippen LogP contribution is 2.20. The van der Waals surface area contributed by atoms with Gasteiger partial charge in [-0.2, -0.15) is 5.26 Å². The molecule has 68 valence electrons. The zero-order valence-corrected chi connectivity index (χ0v) is 6.80. The van der Waals surface area contributed by atoms with Crippen LogP contribution in [0.3, 0.4) is 0 Å². The van der Waals surface area contributed by atoms with Crippen LogP contribution in [0.4, 0.5) is 8.78 Å². The number of hydrogen-bond acceptors (Lipinski definition) is 2. The van der Waals surface area contributed by atoms with Crippen molar-refractivity contribution in [3.63, 3.8) is 0 Å². The fourth-order valence-corrected chi connectivity index (χ4v) is 1.07. The highest BCUT2D eigenvalue weighted by molar-refractivity contribution is 5.23. The van der Waals surface area contributed by atoms with Crippen molar-refractivity contribution in [2.75, 3.05) is 0 Å². The molecule has 0 aliphatic rings. The quantitative estimate of drug-likeness (QED) is 0.759. The summed E-state index contributed by atoms with van der Waals surface area (Å²) < 4.78 is 26.0. The zero-order valence-electron chi connectivity index (χ0n) is 6.80. The van der Waals surface area contributed by atoms with Crippen molar-refractivity contribution in [2.45, 2.75) is 12.5 Å². The largest absolute Gasteiger partial charge is 0.323 e. The summed E-state index contributed by atoms with van der Waals surface area (Å²) in [6.45, 7) is 0. The van der Waals surface area contributed by atoms with Crippen molar-refractivity contribution < 1.29 is 8.78 Å². The van der Waals surface area contributed by atoms with Gasteiger partial charge in [0.25, 0.3) is 0 Å². The summed E-state index contributed by atoms with van der Waals surface area (Å²) in [6, 6.07) is 4.36. The number of rotatable bonds is 2. The van der Waals surface area contributed by atoms with Crippen LogP contribution in [0.2, 0.25) is 0 Å². The molecule has 0 heterocycles. The minimum absolute atomic E-state index is 0.0994. The summed E-state index contributed by atoms with van der Waals surface area (Å²) >= 11 is 0. The Morgan fingerprint density at radius 1 is 1.38 bits per heavy atom. The number of hydrogen-bond donors (Lipinski definition) is 1. The Labute approximate surface area is 74.6 Å². The molecule has 0 aliphatic heterocycles. The zero-order chi connectivity index (χ0) is 9.84. The Morgan fingerprint density at radius 3 is 2.38 bits per heavy atom. The summed E-state index contributed by atoms with van der Waals surface area (Å²) in [5.41, 5.74) is 5.19. The van der Waals surface area contributed by atoms with Crippen molar-refractivity contribution >= 4 is 0 Å². The lowest BCUT2D eigenvalue weighted by molar-refractivity contribution is 0.528. The highest BCUT2D eigenvalue weighted by atomic mass is 19.1. The van der Waals surface area contributed by atoms with Crippen molar-refractivity contribution in [3.8, 4) is 6.07 Å². The maximum Gasteiger partial charge on any atom is 0.130 e. The molecule has 2 nitrogen and oxygen atoms in total. The van der Waals surface area contributed by atoms with Crippen LogP contribution >= 0.6 is 0 Å². The molecule has 2 N–H and O–H groups in total. The molecule has 1 aromatic carbocycles. The molecule has 0 aromatic heterocycles. The first-order valence-electron chi connectivity index (χ1n) is 3.73. The van der Waals surface area contributed by atoms with Crippen LogP contribution in [0.25, 0.3) is 0 Å². The van der Waals surface area contributed by atoms with E-state index in [-0.39, 0.29) is 12.0 Å². The second-order valence-electron chi connectivity index (χ2n) is 2.60. The standard InChI is InChI=1S/C9H8F2N2/c10-6-2-1-3-7(11)9(6)8(13)4-5-12/h1-3,8H,4,13H2/t8-/m0/s1. The topological polar surface area (TPSA) is 49.8 Å². The molecule has 13 heavy (non-hydrogen) atoms. The first-order chi connectivity index (χ1) is 6.16. The summed E-state index contributed by atoms with van der Waals surface area (Å²) in [5, 5.41) is 8.30. The van der Waals surface area contributed by atoms with Crippen LogP contribution in [0, 0.1) is 23.0 Å². The number of nitrogens with zero attached hydrogens (tertiary/aromatic N) is 1. The van der Waals surface area contributed by atoms with Gasteiger partial charge in [0, 0.05) is 11.6 Å². The fraction of sp³-hybridized carbons (Fsp3) is 0.222. The molecule has 0 bridgehead atoms. The highest BCUT2D eigenvalue weighted by Gasteiger charge is 2.15. The van der Waals surface area contributed by atoms with E-state index < -0.39 is 17.7 Å². The van der Waals surface area contributed by atoms with Crippen LogP contribution in [-0.2, 0) is 0 Å². The Hall–Kier alpha value is -1.47. The van der Waals surface area contributed by atoms with Crippen LogP contribution < -0.4 is 5.73 Å². The van der Waals surface area contributed by atoms with Gasteiger partial charge in [-0.1, -0.05) is 6.07 Å². The van der Waals surface area contributed by atoms with Gasteiger partial charge in [0.1, 0.15) is 11.6 Å². The van der Waals surface area contributed by atoms with Gasteiger partial charge in [-0.3, -0.25) is 0 Å². The summed E-state index contributed by atoms with van der Waals surface area (Å²) in [4.78, 5) is 0. The first-order valence-corrected chi connectivity index (χ1v) is 3.73. The van der Waals surface area contributed by atoms with Gasteiger partial charge < -0.3 is 5.73 Å². The number of halogens is 2. The minimum atomic E-state index is -0.897. The predicted octanol–water partition coefficient (Wildman–Crippen LogP) is 1.88. The average molecular weight is 182 g/mol. The Bertz CT molecular complexity index is 324. The van der Waals surface area contributed by atoms with E-state index in [0.29, 0.717) is 0 Å². The molecular formula is C9H8F2N2. The smallest absolute Gasteiger partial charge is 0.130 e. The monoisotopic (exact) mass is 182 g/mol. The van der Waals surface area contributed by atoms with E-state index in [1.165, 1.54) is 6.07 Å². The lowest BCUT2D eigenvalue weighted by Crippen LogP contribution is -2.13. The third-order valence-corrected chi connectivity index (χ3v) is 1.68. The van der Waals surface area contributed by atoms with Crippen LogP contribution in [-0.4, -0.2) is 0 Å². The molecule has 1 aromatic rings. The van der Waals surface area contributed by atoms with Crippen molar-refractivity contribution in [2.24, 2.45) is 5.73 Å². The molecule has 0 fully saturated rings. The van der Waals surface area contributed by atoms with E-state index >= 15 is 0 Å². The minimum Gasteiger partial charge on any atom is -0.323 e. The number of nitrogens with two attached hydrogens (primary N) is 1. The molecule has 0 aliphatic carbocycles. The fourth-order valence-electron chi connectivity index (χ4n) is 1.07. The van der Waals surface area contributed by atoms with E-state index in [1.54, 1.807) is 6.07 Å². The molecule has 0 saturated carbocycles. The van der Waals surface area contributed by atoms with Gasteiger partial charge in [-0.05, 0) is 12.1 Å². The van der Waals surface area contributed by atoms with Gasteiger partial charge >= 0.3 is 0 Å². The lowest BCUT2D eigenvalue weighted by atomic mass is 10.0. The summed E-state index contributed by atoms with van der Waals surface area (Å²) in [7, 11) is 0. The SMILES string of the molecule is N#CC[C@H](N)c1c(F)cccc1F. The molecule has 0 unspecified atom stereocenters. The van der Waals surface area contributed by atoms with E-state index in [4.69, 9.17) is 11.0 Å². The van der Waals surface area contributed by atoms with Gasteiger partial charge in [0.05, 0.1) is 12.5 Å². The van der Waals surface area contributed by atoms with E-state index in [2.05, 4.69) is 0 Å². The van der Waals surface area contributed by atoms with Gasteiger partial charge in [0.15, 0.2) is 0 Å². The molecule has 0 radical (unpaired) electrons. The predicted molar refractivity (Wildman–Crippen MR) is 43.5 cm³/mol. The maximum absolute atomic E-state index is 13.0. The lowest BCUT2D eigenvalue weighted by Gasteiger charge is -2.09. The molecule has 1 atom stereocenters. The van der Waals surface area contributed by atoms with Crippen LogP contribution in [0.1, 0.15) is 18.0 Å². The number of benzene rings is 1. The Kier molecular flexibility index (Phi) is 2.93. The second-order valence-corrected chi connectivity index (χ2v) is 2.60. The third kappa shape index (κ3) is 2.01. The second kappa shape index (κ2) is 3.97. The maximum atomic E-state index is 13.0. The first kappa shape index (κ1) is 9.62. The molecule has 0 spiro atoms. The Morgan fingerprint density at radius 2 is 1.92 bits per heavy atom. The van der Waals surface area contributed by atoms with Crippen molar-refractivity contribution in [1.29, 1.82) is 5.26 Å². The van der Waals surface area contributed by atoms with E-state index in [9.17, 15) is 8.78 Å². The molecule has 0 saturated heterocycles. The summed E-state index contributed by atoms with van der Waals surface area (Å²) in [6.07, 6.45) is -0.0994. The molecular weight excluding hydrogens is 174 g/mol. The average Bonchev–Trinajstić information content (AvgIpc) is 2.04. The van der Waals surface area contributed by atoms with Crippen LogP contribution in [0.5, 0.6) is 0 Å². The molecule has 4 heteroatoms. The van der Waals surface area contributed by atoms with Crippen molar-refractivity contribution in [1.82, 2.24) is 0 Å². The van der Waals surface area contributed by atoms with E-state index in [1.807, 2.05) is 0 Å². The number of nitriles is 1. The van der Waals surface area contributed by atoms with Gasteiger partial charge in [-0.15, -0.1) is 0 Å². The Balaban J connectivity index is 3.06. The normalized spacial score (nSPS) is 12.2. The van der Waals surface area contributed by atoms with Crippen molar-refractivity contribution in [3.05, 3.63) is 35.4 Å². The molecule has 0 amide bonds.